The third-order valence-corrected chi connectivity index (χ3v) is 7.03. The van der Waals surface area contributed by atoms with Gasteiger partial charge in [0.2, 0.25) is 6.29 Å². The van der Waals surface area contributed by atoms with Gasteiger partial charge < -0.3 is 19.9 Å². The van der Waals surface area contributed by atoms with E-state index >= 15 is 0 Å². The molecule has 6 heteroatoms. The zero-order valence-electron chi connectivity index (χ0n) is 18.9. The highest BCUT2D eigenvalue weighted by atomic mass is 32.1. The molecule has 0 fully saturated rings. The van der Waals surface area contributed by atoms with Gasteiger partial charge in [0.15, 0.2) is 5.76 Å². The summed E-state index contributed by atoms with van der Waals surface area (Å²) >= 11 is 1.71. The lowest BCUT2D eigenvalue weighted by molar-refractivity contribution is -0.166. The molecule has 1 aliphatic heterocycles. The fraction of sp³-hybridized carbons (Fsp3) is 0.370. The number of aliphatic hydroxyl groups excluding tert-OH is 1. The number of hydrogen-bond acceptors (Lipinski definition) is 5. The number of amides is 1. The van der Waals surface area contributed by atoms with E-state index in [0.29, 0.717) is 25.3 Å². The summed E-state index contributed by atoms with van der Waals surface area (Å²) in [4.78, 5) is 13.0. The molecule has 33 heavy (non-hydrogen) atoms. The summed E-state index contributed by atoms with van der Waals surface area (Å²) in [5, 5.41) is 15.8. The lowest BCUT2D eigenvalue weighted by Crippen LogP contribution is -2.39. The monoisotopic (exact) mass is 465 g/mol. The molecule has 0 saturated carbocycles. The number of rotatable bonds is 10. The van der Waals surface area contributed by atoms with Crippen LogP contribution in [0.15, 0.2) is 71.8 Å². The molecule has 3 aromatic rings. The Labute approximate surface area is 199 Å². The Morgan fingerprint density at radius 2 is 1.94 bits per heavy atom. The molecule has 0 radical (unpaired) electrons. The number of allylic oxidation sites excluding steroid dienone is 1. The minimum absolute atomic E-state index is 0.0102. The SMILES string of the molecule is CCO[C@@H]1OC(C(=O)NCCc2ccccc2)=C[C@H](c2csc3ccccc23)[C@@H]1CCCO. The number of thiophene rings is 1. The van der Waals surface area contributed by atoms with Gasteiger partial charge in [0.25, 0.3) is 5.91 Å². The van der Waals surface area contributed by atoms with E-state index in [1.54, 1.807) is 11.3 Å². The lowest BCUT2D eigenvalue weighted by Gasteiger charge is -2.36. The third-order valence-electron chi connectivity index (χ3n) is 6.05. The molecule has 0 aliphatic carbocycles. The van der Waals surface area contributed by atoms with Crippen LogP contribution in [0.1, 0.15) is 36.8 Å². The maximum atomic E-state index is 13.0. The van der Waals surface area contributed by atoms with E-state index in [2.05, 4.69) is 35.0 Å². The van der Waals surface area contributed by atoms with Crippen LogP contribution in [0.2, 0.25) is 0 Å². The van der Waals surface area contributed by atoms with Crippen molar-refractivity contribution in [1.29, 1.82) is 0 Å². The number of fused-ring (bicyclic) bond motifs is 1. The van der Waals surface area contributed by atoms with Crippen molar-refractivity contribution in [2.75, 3.05) is 19.8 Å². The number of ether oxygens (including phenoxy) is 2. The van der Waals surface area contributed by atoms with Crippen molar-refractivity contribution in [3.05, 3.63) is 82.9 Å². The van der Waals surface area contributed by atoms with Crippen LogP contribution in [0.25, 0.3) is 10.1 Å². The number of aliphatic hydroxyl groups is 1. The Bertz CT molecular complexity index is 1080. The zero-order valence-corrected chi connectivity index (χ0v) is 19.7. The fourth-order valence-electron chi connectivity index (χ4n) is 4.43. The Morgan fingerprint density at radius 1 is 1.15 bits per heavy atom. The Hall–Kier alpha value is -2.67. The van der Waals surface area contributed by atoms with E-state index in [-0.39, 0.29) is 24.3 Å². The molecule has 174 valence electrons. The second kappa shape index (κ2) is 11.5. The summed E-state index contributed by atoms with van der Waals surface area (Å²) in [7, 11) is 0. The Balaban J connectivity index is 1.59. The van der Waals surface area contributed by atoms with E-state index in [4.69, 9.17) is 9.47 Å². The molecule has 5 nitrogen and oxygen atoms in total. The van der Waals surface area contributed by atoms with Gasteiger partial charge in [-0.1, -0.05) is 48.5 Å². The van der Waals surface area contributed by atoms with Crippen molar-refractivity contribution in [3.8, 4) is 0 Å². The van der Waals surface area contributed by atoms with Gasteiger partial charge in [0.05, 0.1) is 0 Å². The van der Waals surface area contributed by atoms with Gasteiger partial charge in [-0.25, -0.2) is 0 Å². The van der Waals surface area contributed by atoms with Crippen LogP contribution >= 0.6 is 11.3 Å². The van der Waals surface area contributed by atoms with Crippen molar-refractivity contribution < 1.29 is 19.4 Å². The number of nitrogens with one attached hydrogen (secondary N) is 1. The Morgan fingerprint density at radius 3 is 2.73 bits per heavy atom. The van der Waals surface area contributed by atoms with Crippen LogP contribution in [0.5, 0.6) is 0 Å². The number of carbonyl (C=O) groups is 1. The highest BCUT2D eigenvalue weighted by Gasteiger charge is 2.38. The van der Waals surface area contributed by atoms with E-state index in [1.807, 2.05) is 43.3 Å². The minimum Gasteiger partial charge on any atom is -0.459 e. The van der Waals surface area contributed by atoms with Crippen molar-refractivity contribution in [2.24, 2.45) is 5.92 Å². The van der Waals surface area contributed by atoms with Crippen LogP contribution in [0.3, 0.4) is 0 Å². The first-order valence-corrected chi connectivity index (χ1v) is 12.5. The number of hydrogen-bond donors (Lipinski definition) is 2. The van der Waals surface area contributed by atoms with E-state index in [0.717, 1.165) is 12.8 Å². The van der Waals surface area contributed by atoms with Gasteiger partial charge in [0.1, 0.15) is 0 Å². The zero-order chi connectivity index (χ0) is 23.0. The summed E-state index contributed by atoms with van der Waals surface area (Å²) in [5.41, 5.74) is 2.36. The molecule has 0 bridgehead atoms. The smallest absolute Gasteiger partial charge is 0.286 e. The van der Waals surface area contributed by atoms with Crippen LogP contribution in [-0.4, -0.2) is 37.1 Å². The van der Waals surface area contributed by atoms with Crippen molar-refractivity contribution in [3.63, 3.8) is 0 Å². The molecule has 2 aromatic carbocycles. The molecule has 1 aliphatic rings. The quantitative estimate of drug-likeness (QED) is 0.442. The average molecular weight is 466 g/mol. The molecule has 0 unspecified atom stereocenters. The van der Waals surface area contributed by atoms with Crippen molar-refractivity contribution in [1.82, 2.24) is 5.32 Å². The van der Waals surface area contributed by atoms with Gasteiger partial charge >= 0.3 is 0 Å². The van der Waals surface area contributed by atoms with Gasteiger partial charge in [-0.2, -0.15) is 0 Å². The molecule has 2 heterocycles. The summed E-state index contributed by atoms with van der Waals surface area (Å²) in [6, 6.07) is 18.4. The predicted molar refractivity (Wildman–Crippen MR) is 132 cm³/mol. The van der Waals surface area contributed by atoms with Gasteiger partial charge in [-0.05, 0) is 60.2 Å². The minimum atomic E-state index is -0.537. The summed E-state index contributed by atoms with van der Waals surface area (Å²) in [5.74, 6) is 0.0617. The molecule has 0 spiro atoms. The molecule has 3 atom stereocenters. The van der Waals surface area contributed by atoms with Gasteiger partial charge in [-0.15, -0.1) is 11.3 Å². The highest BCUT2D eigenvalue weighted by molar-refractivity contribution is 7.17. The molecule has 2 N–H and O–H groups in total. The summed E-state index contributed by atoms with van der Waals surface area (Å²) < 4.78 is 13.3. The first-order chi connectivity index (χ1) is 16.2. The van der Waals surface area contributed by atoms with Crippen molar-refractivity contribution >= 4 is 27.3 Å². The molecule has 1 aromatic heterocycles. The van der Waals surface area contributed by atoms with Crippen LogP contribution < -0.4 is 5.32 Å². The van der Waals surface area contributed by atoms with Gasteiger partial charge in [-0.3, -0.25) is 4.79 Å². The van der Waals surface area contributed by atoms with E-state index in [1.165, 1.54) is 21.2 Å². The molecular weight excluding hydrogens is 434 g/mol. The maximum Gasteiger partial charge on any atom is 0.286 e. The van der Waals surface area contributed by atoms with E-state index < -0.39 is 6.29 Å². The maximum absolute atomic E-state index is 13.0. The molecule has 0 saturated heterocycles. The van der Waals surface area contributed by atoms with Crippen LogP contribution in [-0.2, 0) is 20.7 Å². The topological polar surface area (TPSA) is 67.8 Å². The normalized spacial score (nSPS) is 20.3. The highest BCUT2D eigenvalue weighted by Crippen LogP contribution is 2.43. The van der Waals surface area contributed by atoms with Crippen molar-refractivity contribution in [2.45, 2.75) is 38.4 Å². The second-order valence-corrected chi connectivity index (χ2v) is 9.12. The Kier molecular flexibility index (Phi) is 8.15. The second-order valence-electron chi connectivity index (χ2n) is 8.21. The molecule has 4 rings (SSSR count). The summed E-state index contributed by atoms with van der Waals surface area (Å²) in [6.07, 6.45) is 3.57. The lowest BCUT2D eigenvalue weighted by atomic mass is 9.80. The predicted octanol–water partition coefficient (Wildman–Crippen LogP) is 5.01. The fourth-order valence-corrected chi connectivity index (χ4v) is 5.44. The standard InChI is InChI=1S/C27H31NO4S/c1-2-31-27-21(12-8-16-29)22(23-18-33-25-13-7-6-11-20(23)25)17-24(32-27)26(30)28-15-14-19-9-4-3-5-10-19/h3-7,9-11,13,17-18,21-22,27,29H,2,8,12,14-16H2,1H3,(H,28,30)/t21-,22-,27+/m0/s1. The van der Waals surface area contributed by atoms with Crippen LogP contribution in [0, 0.1) is 5.92 Å². The summed E-state index contributed by atoms with van der Waals surface area (Å²) in [6.45, 7) is 3.06. The number of benzene rings is 2. The number of carbonyl (C=O) groups excluding carboxylic acids is 1. The van der Waals surface area contributed by atoms with Gasteiger partial charge in [0, 0.05) is 36.3 Å². The molecule has 1 amide bonds. The average Bonchev–Trinajstić information content (AvgIpc) is 3.27. The third kappa shape index (κ3) is 5.64. The van der Waals surface area contributed by atoms with Crippen LogP contribution in [0.4, 0.5) is 0 Å². The molecular formula is C27H31NO4S. The largest absolute Gasteiger partial charge is 0.459 e. The first-order valence-electron chi connectivity index (χ1n) is 11.6. The first kappa shape index (κ1) is 23.5. The van der Waals surface area contributed by atoms with E-state index in [9.17, 15) is 9.90 Å².